The molecule has 0 bridgehead atoms. The second kappa shape index (κ2) is 5.09. The minimum absolute atomic E-state index is 0.0625. The maximum atomic E-state index is 11.4. The summed E-state index contributed by atoms with van der Waals surface area (Å²) in [5.41, 5.74) is 1.02. The predicted molar refractivity (Wildman–Crippen MR) is 50.1 cm³/mol. The van der Waals surface area contributed by atoms with Crippen molar-refractivity contribution in [2.24, 2.45) is 5.92 Å². The molecule has 0 aromatic rings. The molecule has 0 N–H and O–H groups in total. The van der Waals surface area contributed by atoms with Gasteiger partial charge in [-0.25, -0.2) is 0 Å². The molecule has 0 rings (SSSR count). The van der Waals surface area contributed by atoms with Crippen LogP contribution < -0.4 is 0 Å². The number of methoxy groups -OCH3 is 1. The number of carbonyl (C=O) groups excluding carboxylic acids is 1. The molecule has 70 valence electrons. The Balaban J connectivity index is 4.33. The van der Waals surface area contributed by atoms with Gasteiger partial charge in [0.1, 0.15) is 6.10 Å². The van der Waals surface area contributed by atoms with Crippen LogP contribution in [-0.4, -0.2) is 19.0 Å². The first-order chi connectivity index (χ1) is 5.49. The lowest BCUT2D eigenvalue weighted by Gasteiger charge is -2.15. The van der Waals surface area contributed by atoms with Crippen LogP contribution in [0.15, 0.2) is 11.6 Å². The highest BCUT2D eigenvalue weighted by atomic mass is 16.5. The van der Waals surface area contributed by atoms with Gasteiger partial charge in [0.2, 0.25) is 0 Å². The van der Waals surface area contributed by atoms with E-state index in [2.05, 4.69) is 0 Å². The Morgan fingerprint density at radius 2 is 1.83 bits per heavy atom. The zero-order chi connectivity index (χ0) is 9.72. The number of carbonyl (C=O) groups is 1. The molecular weight excluding hydrogens is 152 g/mol. The van der Waals surface area contributed by atoms with E-state index in [1.807, 2.05) is 27.7 Å². The number of ketones is 1. The third-order valence-corrected chi connectivity index (χ3v) is 1.57. The molecule has 0 saturated heterocycles. The Labute approximate surface area is 74.6 Å². The number of hydrogen-bond donors (Lipinski definition) is 0. The molecule has 12 heavy (non-hydrogen) atoms. The molecule has 0 spiro atoms. The van der Waals surface area contributed by atoms with Crippen molar-refractivity contribution in [3.63, 3.8) is 0 Å². The normalized spacial score (nSPS) is 12.8. The van der Waals surface area contributed by atoms with Gasteiger partial charge in [-0.05, 0) is 25.8 Å². The summed E-state index contributed by atoms with van der Waals surface area (Å²) in [6, 6.07) is 0. The van der Waals surface area contributed by atoms with Crippen LogP contribution in [0.25, 0.3) is 0 Å². The van der Waals surface area contributed by atoms with E-state index in [-0.39, 0.29) is 17.8 Å². The second-order valence-corrected chi connectivity index (χ2v) is 3.52. The summed E-state index contributed by atoms with van der Waals surface area (Å²) in [7, 11) is 1.57. The summed E-state index contributed by atoms with van der Waals surface area (Å²) in [5, 5.41) is 0. The first kappa shape index (κ1) is 11.4. The van der Waals surface area contributed by atoms with Crippen LogP contribution in [0, 0.1) is 5.92 Å². The standard InChI is InChI=1S/C10H18O2/c1-7(2)6-9(11)10(12-5)8(3)4/h6,8,10H,1-5H3. The molecule has 0 aromatic heterocycles. The number of ether oxygens (including phenoxy) is 1. The van der Waals surface area contributed by atoms with E-state index in [0.717, 1.165) is 5.57 Å². The fourth-order valence-electron chi connectivity index (χ4n) is 1.08. The van der Waals surface area contributed by atoms with Gasteiger partial charge in [0.15, 0.2) is 5.78 Å². The number of hydrogen-bond acceptors (Lipinski definition) is 2. The van der Waals surface area contributed by atoms with Crippen molar-refractivity contribution < 1.29 is 9.53 Å². The van der Waals surface area contributed by atoms with Crippen LogP contribution in [0.2, 0.25) is 0 Å². The lowest BCUT2D eigenvalue weighted by Crippen LogP contribution is -2.27. The molecular formula is C10H18O2. The molecule has 1 atom stereocenters. The maximum Gasteiger partial charge on any atom is 0.184 e. The van der Waals surface area contributed by atoms with Crippen molar-refractivity contribution >= 4 is 5.78 Å². The Morgan fingerprint density at radius 1 is 1.33 bits per heavy atom. The average molecular weight is 170 g/mol. The quantitative estimate of drug-likeness (QED) is 0.604. The first-order valence-electron chi connectivity index (χ1n) is 4.20. The zero-order valence-electron chi connectivity index (χ0n) is 8.55. The van der Waals surface area contributed by atoms with Gasteiger partial charge in [0, 0.05) is 7.11 Å². The summed E-state index contributed by atoms with van der Waals surface area (Å²) in [6.07, 6.45) is 1.34. The van der Waals surface area contributed by atoms with E-state index in [0.29, 0.717) is 0 Å². The topological polar surface area (TPSA) is 26.3 Å². The summed E-state index contributed by atoms with van der Waals surface area (Å²) in [6.45, 7) is 7.77. The Morgan fingerprint density at radius 3 is 2.08 bits per heavy atom. The minimum atomic E-state index is -0.292. The van der Waals surface area contributed by atoms with Crippen molar-refractivity contribution in [3.05, 3.63) is 11.6 Å². The third kappa shape index (κ3) is 3.67. The highest BCUT2D eigenvalue weighted by molar-refractivity contribution is 5.94. The van der Waals surface area contributed by atoms with Gasteiger partial charge in [-0.15, -0.1) is 0 Å². The van der Waals surface area contributed by atoms with Crippen LogP contribution in [0.4, 0.5) is 0 Å². The van der Waals surface area contributed by atoms with Crippen molar-refractivity contribution in [2.75, 3.05) is 7.11 Å². The average Bonchev–Trinajstić information content (AvgIpc) is 1.85. The molecule has 0 aliphatic rings. The van der Waals surface area contributed by atoms with Crippen LogP contribution in [0.1, 0.15) is 27.7 Å². The molecule has 0 amide bonds. The molecule has 2 nitrogen and oxygen atoms in total. The molecule has 1 unspecified atom stereocenters. The van der Waals surface area contributed by atoms with Crippen LogP contribution in [0.3, 0.4) is 0 Å². The Kier molecular flexibility index (Phi) is 4.83. The van der Waals surface area contributed by atoms with Gasteiger partial charge in [0.05, 0.1) is 0 Å². The third-order valence-electron chi connectivity index (χ3n) is 1.57. The summed E-state index contributed by atoms with van der Waals surface area (Å²) < 4.78 is 5.08. The SMILES string of the molecule is COC(C(=O)C=C(C)C)C(C)C. The molecule has 0 aromatic carbocycles. The fourth-order valence-corrected chi connectivity index (χ4v) is 1.08. The van der Waals surface area contributed by atoms with Crippen molar-refractivity contribution in [1.29, 1.82) is 0 Å². The maximum absolute atomic E-state index is 11.4. The van der Waals surface area contributed by atoms with Crippen molar-refractivity contribution in [2.45, 2.75) is 33.8 Å². The summed E-state index contributed by atoms with van der Waals surface area (Å²) in [4.78, 5) is 11.4. The van der Waals surface area contributed by atoms with Crippen LogP contribution in [-0.2, 0) is 9.53 Å². The van der Waals surface area contributed by atoms with Crippen LogP contribution >= 0.6 is 0 Å². The van der Waals surface area contributed by atoms with E-state index in [1.54, 1.807) is 13.2 Å². The van der Waals surface area contributed by atoms with E-state index < -0.39 is 0 Å². The highest BCUT2D eigenvalue weighted by Crippen LogP contribution is 2.08. The molecule has 2 heteroatoms. The number of rotatable bonds is 4. The van der Waals surface area contributed by atoms with E-state index in [1.165, 1.54) is 0 Å². The minimum Gasteiger partial charge on any atom is -0.373 e. The van der Waals surface area contributed by atoms with E-state index >= 15 is 0 Å². The summed E-state index contributed by atoms with van der Waals surface area (Å²) >= 11 is 0. The first-order valence-corrected chi connectivity index (χ1v) is 4.20. The largest absolute Gasteiger partial charge is 0.373 e. The number of allylic oxidation sites excluding steroid dienone is 1. The van der Waals surface area contributed by atoms with Crippen molar-refractivity contribution in [3.8, 4) is 0 Å². The van der Waals surface area contributed by atoms with Gasteiger partial charge in [-0.3, -0.25) is 4.79 Å². The molecule has 0 radical (unpaired) electrons. The molecule has 0 heterocycles. The van der Waals surface area contributed by atoms with E-state index in [9.17, 15) is 4.79 Å². The smallest absolute Gasteiger partial charge is 0.184 e. The Hall–Kier alpha value is -0.630. The Bertz CT molecular complexity index is 176. The predicted octanol–water partition coefficient (Wildman–Crippen LogP) is 2.19. The molecule has 0 saturated carbocycles. The monoisotopic (exact) mass is 170 g/mol. The van der Waals surface area contributed by atoms with Gasteiger partial charge in [0.25, 0.3) is 0 Å². The van der Waals surface area contributed by atoms with E-state index in [4.69, 9.17) is 4.74 Å². The molecule has 0 aliphatic carbocycles. The molecule has 0 fully saturated rings. The van der Waals surface area contributed by atoms with Crippen molar-refractivity contribution in [1.82, 2.24) is 0 Å². The fraction of sp³-hybridized carbons (Fsp3) is 0.700. The summed E-state index contributed by atoms with van der Waals surface area (Å²) in [5.74, 6) is 0.297. The van der Waals surface area contributed by atoms with Crippen LogP contribution in [0.5, 0.6) is 0 Å². The highest BCUT2D eigenvalue weighted by Gasteiger charge is 2.18. The lowest BCUT2D eigenvalue weighted by molar-refractivity contribution is -0.126. The van der Waals surface area contributed by atoms with Gasteiger partial charge < -0.3 is 4.74 Å². The van der Waals surface area contributed by atoms with Gasteiger partial charge in [-0.2, -0.15) is 0 Å². The van der Waals surface area contributed by atoms with Gasteiger partial charge >= 0.3 is 0 Å². The molecule has 0 aliphatic heterocycles. The van der Waals surface area contributed by atoms with Gasteiger partial charge in [-0.1, -0.05) is 19.4 Å². The lowest BCUT2D eigenvalue weighted by atomic mass is 10.0. The zero-order valence-corrected chi connectivity index (χ0v) is 8.55. The second-order valence-electron chi connectivity index (χ2n) is 3.52.